The van der Waals surface area contributed by atoms with Gasteiger partial charge in [-0.1, -0.05) is 85.1 Å². The molecule has 0 unspecified atom stereocenters. The minimum absolute atomic E-state index is 0.0696. The third-order valence-electron chi connectivity index (χ3n) is 7.35. The molecule has 1 aliphatic carbocycles. The van der Waals surface area contributed by atoms with Crippen LogP contribution in [-0.4, -0.2) is 50.0 Å². The zero-order chi connectivity index (χ0) is 28.7. The summed E-state index contributed by atoms with van der Waals surface area (Å²) in [5, 5.41) is 3.53. The molecule has 7 nitrogen and oxygen atoms in total. The van der Waals surface area contributed by atoms with E-state index in [-0.39, 0.29) is 24.2 Å². The number of benzene rings is 3. The van der Waals surface area contributed by atoms with Gasteiger partial charge in [0.2, 0.25) is 21.8 Å². The van der Waals surface area contributed by atoms with Crippen molar-refractivity contribution in [3.8, 4) is 0 Å². The summed E-state index contributed by atoms with van der Waals surface area (Å²) >= 11 is 6.16. The largest absolute Gasteiger partial charge is 0.352 e. The first-order valence-corrected chi connectivity index (χ1v) is 15.8. The average molecular weight is 582 g/mol. The molecule has 9 heteroatoms. The molecule has 0 aromatic heterocycles. The van der Waals surface area contributed by atoms with E-state index in [4.69, 9.17) is 11.6 Å². The molecule has 0 heterocycles. The van der Waals surface area contributed by atoms with Gasteiger partial charge in [-0.3, -0.25) is 13.9 Å². The first-order chi connectivity index (χ1) is 19.1. The van der Waals surface area contributed by atoms with Gasteiger partial charge in [-0.25, -0.2) is 8.42 Å². The first kappa shape index (κ1) is 29.6. The van der Waals surface area contributed by atoms with Crippen molar-refractivity contribution in [3.05, 3.63) is 101 Å². The summed E-state index contributed by atoms with van der Waals surface area (Å²) in [6.07, 6.45) is 5.29. The standard InChI is InChI=1S/C31H36ClN3O4S/c1-23-11-6-7-14-25(23)21-34(30(36)22-35(40(2,38)39)28-18-10-15-26(32)20-28)29(19-24-12-4-3-5-13-24)31(37)33-27-16-8-9-17-27/h3-7,10-15,18,20,27,29H,8-9,16-17,19,21-22H2,1-2H3,(H,33,37)/t29-/m1/s1. The number of hydrogen-bond acceptors (Lipinski definition) is 4. The highest BCUT2D eigenvalue weighted by atomic mass is 35.5. The molecule has 1 saturated carbocycles. The van der Waals surface area contributed by atoms with E-state index in [0.29, 0.717) is 11.4 Å². The quantitative estimate of drug-likeness (QED) is 0.341. The Morgan fingerprint density at radius 3 is 2.30 bits per heavy atom. The lowest BCUT2D eigenvalue weighted by Crippen LogP contribution is -2.54. The molecule has 1 atom stereocenters. The Morgan fingerprint density at radius 2 is 1.65 bits per heavy atom. The lowest BCUT2D eigenvalue weighted by molar-refractivity contribution is -0.140. The van der Waals surface area contributed by atoms with E-state index in [1.165, 1.54) is 11.0 Å². The van der Waals surface area contributed by atoms with Gasteiger partial charge in [0.25, 0.3) is 0 Å². The summed E-state index contributed by atoms with van der Waals surface area (Å²) in [5.41, 5.74) is 3.06. The highest BCUT2D eigenvalue weighted by molar-refractivity contribution is 7.92. The van der Waals surface area contributed by atoms with Crippen LogP contribution in [0.4, 0.5) is 5.69 Å². The summed E-state index contributed by atoms with van der Waals surface area (Å²) in [6.45, 7) is 1.65. The smallest absolute Gasteiger partial charge is 0.244 e. The van der Waals surface area contributed by atoms with E-state index in [9.17, 15) is 18.0 Å². The van der Waals surface area contributed by atoms with Crippen LogP contribution in [0.1, 0.15) is 42.4 Å². The summed E-state index contributed by atoms with van der Waals surface area (Å²) in [7, 11) is -3.84. The van der Waals surface area contributed by atoms with Crippen molar-refractivity contribution in [2.45, 2.75) is 57.7 Å². The van der Waals surface area contributed by atoms with Gasteiger partial charge in [0.1, 0.15) is 12.6 Å². The Morgan fingerprint density at radius 1 is 0.975 bits per heavy atom. The predicted octanol–water partition coefficient (Wildman–Crippen LogP) is 5.11. The number of rotatable bonds is 11. The van der Waals surface area contributed by atoms with Crippen molar-refractivity contribution >= 4 is 39.1 Å². The Hall–Kier alpha value is -3.36. The molecule has 40 heavy (non-hydrogen) atoms. The van der Waals surface area contributed by atoms with Gasteiger partial charge in [0.15, 0.2) is 0 Å². The van der Waals surface area contributed by atoms with E-state index in [1.807, 2.05) is 61.5 Å². The van der Waals surface area contributed by atoms with Crippen molar-refractivity contribution in [1.29, 1.82) is 0 Å². The Bertz CT molecular complexity index is 1430. The molecular weight excluding hydrogens is 546 g/mol. The minimum atomic E-state index is -3.84. The highest BCUT2D eigenvalue weighted by Crippen LogP contribution is 2.24. The van der Waals surface area contributed by atoms with E-state index in [0.717, 1.165) is 52.9 Å². The van der Waals surface area contributed by atoms with Crippen molar-refractivity contribution in [2.75, 3.05) is 17.1 Å². The molecule has 0 aliphatic heterocycles. The topological polar surface area (TPSA) is 86.8 Å². The fourth-order valence-electron chi connectivity index (χ4n) is 5.14. The normalized spacial score (nSPS) is 14.5. The summed E-state index contributed by atoms with van der Waals surface area (Å²) in [5.74, 6) is -0.706. The van der Waals surface area contributed by atoms with E-state index >= 15 is 0 Å². The molecular formula is C31H36ClN3O4S. The number of hydrogen-bond donors (Lipinski definition) is 1. The monoisotopic (exact) mass is 581 g/mol. The molecule has 4 rings (SSSR count). The second-order valence-corrected chi connectivity index (χ2v) is 12.7. The number of carbonyl (C=O) groups excluding carboxylic acids is 2. The third kappa shape index (κ3) is 7.86. The molecule has 1 aliphatic rings. The molecule has 3 aromatic rings. The van der Waals surface area contributed by atoms with Crippen LogP contribution in [0.15, 0.2) is 78.9 Å². The molecule has 0 saturated heterocycles. The first-order valence-electron chi connectivity index (χ1n) is 13.5. The van der Waals surface area contributed by atoms with Crippen molar-refractivity contribution < 1.29 is 18.0 Å². The molecule has 0 radical (unpaired) electrons. The maximum absolute atomic E-state index is 14.2. The summed E-state index contributed by atoms with van der Waals surface area (Å²) in [4.78, 5) is 29.6. The summed E-state index contributed by atoms with van der Waals surface area (Å²) in [6, 6.07) is 22.9. The number of nitrogens with zero attached hydrogens (tertiary/aromatic N) is 2. The zero-order valence-corrected chi connectivity index (χ0v) is 24.5. The second-order valence-electron chi connectivity index (χ2n) is 10.4. The molecule has 0 spiro atoms. The number of aryl methyl sites for hydroxylation is 1. The van der Waals surface area contributed by atoms with Gasteiger partial charge in [0, 0.05) is 24.0 Å². The third-order valence-corrected chi connectivity index (χ3v) is 8.73. The van der Waals surface area contributed by atoms with Crippen LogP contribution < -0.4 is 9.62 Å². The summed E-state index contributed by atoms with van der Waals surface area (Å²) < 4.78 is 26.8. The van der Waals surface area contributed by atoms with E-state index < -0.39 is 28.5 Å². The van der Waals surface area contributed by atoms with Crippen LogP contribution in [0.5, 0.6) is 0 Å². The molecule has 1 fully saturated rings. The average Bonchev–Trinajstić information content (AvgIpc) is 3.43. The SMILES string of the molecule is Cc1ccccc1CN(C(=O)CN(c1cccc(Cl)c1)S(C)(=O)=O)[C@H](Cc1ccccc1)C(=O)NC1CCCC1. The van der Waals surface area contributed by atoms with Crippen LogP contribution in [-0.2, 0) is 32.6 Å². The number of amides is 2. The van der Waals surface area contributed by atoms with Gasteiger partial charge in [0.05, 0.1) is 11.9 Å². The number of nitrogens with one attached hydrogen (secondary N) is 1. The van der Waals surface area contributed by atoms with E-state index in [1.54, 1.807) is 18.2 Å². The van der Waals surface area contributed by atoms with Crippen molar-refractivity contribution in [1.82, 2.24) is 10.2 Å². The fourth-order valence-corrected chi connectivity index (χ4v) is 6.16. The van der Waals surface area contributed by atoms with Crippen LogP contribution in [0.25, 0.3) is 0 Å². The minimum Gasteiger partial charge on any atom is -0.352 e. The number of sulfonamides is 1. The van der Waals surface area contributed by atoms with Gasteiger partial charge >= 0.3 is 0 Å². The molecule has 1 N–H and O–H groups in total. The van der Waals surface area contributed by atoms with Crippen molar-refractivity contribution in [3.63, 3.8) is 0 Å². The van der Waals surface area contributed by atoms with E-state index in [2.05, 4.69) is 5.32 Å². The number of halogens is 1. The highest BCUT2D eigenvalue weighted by Gasteiger charge is 2.34. The van der Waals surface area contributed by atoms with Crippen LogP contribution in [0, 0.1) is 6.92 Å². The maximum atomic E-state index is 14.2. The number of carbonyl (C=O) groups is 2. The molecule has 0 bridgehead atoms. The lowest BCUT2D eigenvalue weighted by atomic mass is 10.0. The fraction of sp³-hybridized carbons (Fsp3) is 0.355. The maximum Gasteiger partial charge on any atom is 0.244 e. The number of anilines is 1. The molecule has 212 valence electrons. The Kier molecular flexibility index (Phi) is 9.87. The van der Waals surface area contributed by atoms with Crippen LogP contribution in [0.2, 0.25) is 5.02 Å². The molecule has 3 aromatic carbocycles. The van der Waals surface area contributed by atoms with Gasteiger partial charge in [-0.05, 0) is 54.7 Å². The van der Waals surface area contributed by atoms with Crippen molar-refractivity contribution in [2.24, 2.45) is 0 Å². The van der Waals surface area contributed by atoms with Gasteiger partial charge in [-0.15, -0.1) is 0 Å². The van der Waals surface area contributed by atoms with Crippen LogP contribution >= 0.6 is 11.6 Å². The Labute approximate surface area is 242 Å². The van der Waals surface area contributed by atoms with Crippen LogP contribution in [0.3, 0.4) is 0 Å². The van der Waals surface area contributed by atoms with Gasteiger partial charge in [-0.2, -0.15) is 0 Å². The van der Waals surface area contributed by atoms with Gasteiger partial charge < -0.3 is 10.2 Å². The second kappa shape index (κ2) is 13.3. The predicted molar refractivity (Wildman–Crippen MR) is 160 cm³/mol. The zero-order valence-electron chi connectivity index (χ0n) is 22.9. The lowest BCUT2D eigenvalue weighted by Gasteiger charge is -2.34. The Balaban J connectivity index is 1.73. The molecule has 2 amide bonds.